The molecule has 4 rings (SSSR count). The van der Waals surface area contributed by atoms with Gasteiger partial charge in [-0.3, -0.25) is 4.79 Å². The van der Waals surface area contributed by atoms with Gasteiger partial charge in [-0.15, -0.1) is 0 Å². The first kappa shape index (κ1) is 20.1. The van der Waals surface area contributed by atoms with Crippen LogP contribution in [0.5, 0.6) is 0 Å². The van der Waals surface area contributed by atoms with E-state index in [0.717, 1.165) is 22.9 Å². The van der Waals surface area contributed by atoms with E-state index in [1.54, 1.807) is 12.1 Å². The number of carboxylic acids is 1. The topological polar surface area (TPSA) is 63.3 Å². The second-order valence-electron chi connectivity index (χ2n) is 7.18. The molecule has 1 aliphatic carbocycles. The minimum atomic E-state index is -0.844. The number of nitrogens with zero attached hydrogens (tertiary/aromatic N) is 1. The van der Waals surface area contributed by atoms with E-state index in [0.29, 0.717) is 24.3 Å². The number of aliphatic carboxylic acids is 1. The van der Waals surface area contributed by atoms with Crippen LogP contribution in [0.4, 0.5) is 4.39 Å². The number of hydrogen-bond acceptors (Lipinski definition) is 3. The molecule has 7 heteroatoms. The number of carboxylic acid groups (broad SMARTS) is 1. The summed E-state index contributed by atoms with van der Waals surface area (Å²) >= 11 is 9.35. The summed E-state index contributed by atoms with van der Waals surface area (Å²) in [6, 6.07) is 12.2. The number of rotatable bonds is 4. The molecule has 0 bridgehead atoms. The molecule has 0 aliphatic heterocycles. The molecule has 1 saturated carbocycles. The van der Waals surface area contributed by atoms with Crippen LogP contribution in [0.1, 0.15) is 37.4 Å². The van der Waals surface area contributed by atoms with Gasteiger partial charge in [-0.2, -0.15) is 0 Å². The van der Waals surface area contributed by atoms with Crippen LogP contribution in [0, 0.1) is 11.7 Å². The van der Waals surface area contributed by atoms with Crippen LogP contribution in [0.2, 0.25) is 5.02 Å². The lowest BCUT2D eigenvalue weighted by molar-refractivity contribution is -0.143. The number of hydrogen-bond donors (Lipinski definition) is 1. The first-order chi connectivity index (χ1) is 14.0. The standard InChI is InChI=1S/C22H18BrClFNO3/c23-13-10-8-12(9-11-13)19-20(14-4-1-2-5-15(14)22(27)28)29-21(26-19)16-6-3-7-17(24)18(16)25/h3,6-11,14-15H,1-2,4-5H2,(H,27,28)/t14-,15-/m1/s1. The molecule has 1 heterocycles. The molecule has 150 valence electrons. The van der Waals surface area contributed by atoms with Gasteiger partial charge >= 0.3 is 5.97 Å². The van der Waals surface area contributed by atoms with Crippen molar-refractivity contribution in [2.75, 3.05) is 0 Å². The second kappa shape index (κ2) is 8.28. The molecule has 0 saturated heterocycles. The molecule has 29 heavy (non-hydrogen) atoms. The highest BCUT2D eigenvalue weighted by molar-refractivity contribution is 9.10. The van der Waals surface area contributed by atoms with Gasteiger partial charge in [0.15, 0.2) is 5.82 Å². The van der Waals surface area contributed by atoms with E-state index in [4.69, 9.17) is 16.0 Å². The van der Waals surface area contributed by atoms with Crippen molar-refractivity contribution < 1.29 is 18.7 Å². The molecule has 2 aromatic carbocycles. The predicted octanol–water partition coefficient (Wildman–Crippen LogP) is 6.92. The summed E-state index contributed by atoms with van der Waals surface area (Å²) < 4.78 is 21.6. The summed E-state index contributed by atoms with van der Waals surface area (Å²) in [7, 11) is 0. The third-order valence-electron chi connectivity index (χ3n) is 5.37. The molecule has 0 spiro atoms. The lowest BCUT2D eigenvalue weighted by Crippen LogP contribution is -2.25. The van der Waals surface area contributed by atoms with Crippen LogP contribution in [-0.2, 0) is 4.79 Å². The van der Waals surface area contributed by atoms with Crippen LogP contribution >= 0.6 is 27.5 Å². The number of benzene rings is 2. The van der Waals surface area contributed by atoms with Gasteiger partial charge in [-0.05, 0) is 37.1 Å². The van der Waals surface area contributed by atoms with E-state index in [2.05, 4.69) is 20.9 Å². The molecular formula is C22H18BrClFNO3. The zero-order valence-electron chi connectivity index (χ0n) is 15.4. The molecule has 4 nitrogen and oxygen atoms in total. The highest BCUT2D eigenvalue weighted by Gasteiger charge is 2.37. The first-order valence-electron chi connectivity index (χ1n) is 9.39. The Kier molecular flexibility index (Phi) is 5.74. The molecule has 3 aromatic rings. The molecule has 0 radical (unpaired) electrons. The Morgan fingerprint density at radius 1 is 1.17 bits per heavy atom. The Labute approximate surface area is 180 Å². The molecule has 1 aliphatic rings. The molecule has 1 N–H and O–H groups in total. The van der Waals surface area contributed by atoms with E-state index >= 15 is 0 Å². The first-order valence-corrected chi connectivity index (χ1v) is 10.6. The summed E-state index contributed by atoms with van der Waals surface area (Å²) in [6.07, 6.45) is 3.05. The summed E-state index contributed by atoms with van der Waals surface area (Å²) in [6.45, 7) is 0. The number of aromatic nitrogens is 1. The molecule has 1 aromatic heterocycles. The van der Waals surface area contributed by atoms with E-state index < -0.39 is 17.7 Å². The Morgan fingerprint density at radius 3 is 2.62 bits per heavy atom. The SMILES string of the molecule is O=C(O)[C@@H]1CCCC[C@H]1c1oc(-c2cccc(Cl)c2F)nc1-c1ccc(Br)cc1. The molecule has 2 atom stereocenters. The molecule has 0 unspecified atom stereocenters. The maximum Gasteiger partial charge on any atom is 0.307 e. The summed E-state index contributed by atoms with van der Waals surface area (Å²) in [4.78, 5) is 16.4. The van der Waals surface area contributed by atoms with E-state index in [1.807, 2.05) is 24.3 Å². The Hall–Kier alpha value is -2.18. The largest absolute Gasteiger partial charge is 0.481 e. The highest BCUT2D eigenvalue weighted by atomic mass is 79.9. The molecular weight excluding hydrogens is 461 g/mol. The summed E-state index contributed by atoms with van der Waals surface area (Å²) in [5.74, 6) is -1.72. The average Bonchev–Trinajstić information content (AvgIpc) is 3.15. The van der Waals surface area contributed by atoms with Crippen molar-refractivity contribution in [3.05, 3.63) is 63.5 Å². The van der Waals surface area contributed by atoms with Gasteiger partial charge in [0.2, 0.25) is 5.89 Å². The molecule has 1 fully saturated rings. The average molecular weight is 479 g/mol. The summed E-state index contributed by atoms with van der Waals surface area (Å²) in [5.41, 5.74) is 1.49. The number of carbonyl (C=O) groups is 1. The van der Waals surface area contributed by atoms with Crippen molar-refractivity contribution in [2.45, 2.75) is 31.6 Å². The fourth-order valence-corrected chi connectivity index (χ4v) is 4.36. The van der Waals surface area contributed by atoms with Gasteiger partial charge in [0.25, 0.3) is 0 Å². The van der Waals surface area contributed by atoms with Crippen LogP contribution in [0.25, 0.3) is 22.7 Å². The zero-order chi connectivity index (χ0) is 20.5. The van der Waals surface area contributed by atoms with Gasteiger partial charge in [-0.1, -0.05) is 58.6 Å². The van der Waals surface area contributed by atoms with E-state index in [1.165, 1.54) is 6.07 Å². The van der Waals surface area contributed by atoms with Crippen molar-refractivity contribution >= 4 is 33.5 Å². The third-order valence-corrected chi connectivity index (χ3v) is 6.19. The second-order valence-corrected chi connectivity index (χ2v) is 8.50. The van der Waals surface area contributed by atoms with Crippen LogP contribution in [0.15, 0.2) is 51.4 Å². The maximum atomic E-state index is 14.6. The Bertz CT molecular complexity index is 1050. The van der Waals surface area contributed by atoms with Gasteiger partial charge in [0.1, 0.15) is 11.5 Å². The van der Waals surface area contributed by atoms with Crippen molar-refractivity contribution in [1.82, 2.24) is 4.98 Å². The monoisotopic (exact) mass is 477 g/mol. The van der Waals surface area contributed by atoms with Crippen LogP contribution < -0.4 is 0 Å². The minimum absolute atomic E-state index is 0.0199. The van der Waals surface area contributed by atoms with Crippen molar-refractivity contribution in [3.63, 3.8) is 0 Å². The van der Waals surface area contributed by atoms with Crippen molar-refractivity contribution in [3.8, 4) is 22.7 Å². The van der Waals surface area contributed by atoms with Gasteiger partial charge in [0.05, 0.1) is 16.5 Å². The van der Waals surface area contributed by atoms with Gasteiger partial charge in [-0.25, -0.2) is 9.37 Å². The normalized spacial score (nSPS) is 19.3. The lowest BCUT2D eigenvalue weighted by atomic mass is 9.77. The number of halogens is 3. The maximum absolute atomic E-state index is 14.6. The summed E-state index contributed by atoms with van der Waals surface area (Å²) in [5, 5.41) is 9.71. The molecule has 0 amide bonds. The Morgan fingerprint density at radius 2 is 1.90 bits per heavy atom. The Balaban J connectivity index is 1.88. The van der Waals surface area contributed by atoms with Crippen LogP contribution in [-0.4, -0.2) is 16.1 Å². The quantitative estimate of drug-likeness (QED) is 0.442. The lowest BCUT2D eigenvalue weighted by Gasteiger charge is -2.27. The van der Waals surface area contributed by atoms with Gasteiger partial charge in [0, 0.05) is 16.0 Å². The highest BCUT2D eigenvalue weighted by Crippen LogP contribution is 2.44. The number of oxazole rings is 1. The smallest absolute Gasteiger partial charge is 0.307 e. The van der Waals surface area contributed by atoms with Crippen LogP contribution in [0.3, 0.4) is 0 Å². The minimum Gasteiger partial charge on any atom is -0.481 e. The predicted molar refractivity (Wildman–Crippen MR) is 112 cm³/mol. The van der Waals surface area contributed by atoms with E-state index in [9.17, 15) is 14.3 Å². The van der Waals surface area contributed by atoms with E-state index in [-0.39, 0.29) is 22.4 Å². The third kappa shape index (κ3) is 3.96. The van der Waals surface area contributed by atoms with Crippen molar-refractivity contribution in [1.29, 1.82) is 0 Å². The zero-order valence-corrected chi connectivity index (χ0v) is 17.7. The van der Waals surface area contributed by atoms with Gasteiger partial charge < -0.3 is 9.52 Å². The fourth-order valence-electron chi connectivity index (χ4n) is 3.92. The van der Waals surface area contributed by atoms with Crippen molar-refractivity contribution in [2.24, 2.45) is 5.92 Å². The fraction of sp³-hybridized carbons (Fsp3) is 0.273.